The average molecular weight is 434 g/mol. The van der Waals surface area contributed by atoms with Crippen LogP contribution in [0.1, 0.15) is 22.5 Å². The number of aromatic nitrogens is 5. The smallest absolute Gasteiger partial charge is 0.252 e. The molecule has 1 aliphatic heterocycles. The molecule has 0 radical (unpaired) electrons. The number of pyridine rings is 1. The summed E-state index contributed by atoms with van der Waals surface area (Å²) in [4.78, 5) is 33.9. The minimum atomic E-state index is -1.26. The number of nitriles is 1. The van der Waals surface area contributed by atoms with Gasteiger partial charge in [-0.05, 0) is 12.5 Å². The van der Waals surface area contributed by atoms with Crippen LogP contribution in [-0.4, -0.2) is 56.1 Å². The van der Waals surface area contributed by atoms with Gasteiger partial charge in [0.15, 0.2) is 5.69 Å². The molecule has 1 saturated heterocycles. The average Bonchev–Trinajstić information content (AvgIpc) is 2.81. The minimum Gasteiger partial charge on any atom is -0.378 e. The lowest BCUT2D eigenvalue weighted by molar-refractivity contribution is 0.100. The van der Waals surface area contributed by atoms with Gasteiger partial charge in [-0.25, -0.2) is 29.3 Å². The number of carbonyl (C=O) groups is 1. The van der Waals surface area contributed by atoms with Crippen molar-refractivity contribution < 1.29 is 9.18 Å². The fourth-order valence-electron chi connectivity index (χ4n) is 3.35. The number of hydrogen-bond donors (Lipinski definition) is 3. The third-order valence-electron chi connectivity index (χ3n) is 4.97. The van der Waals surface area contributed by atoms with Gasteiger partial charge >= 0.3 is 0 Å². The Balaban J connectivity index is 1.48. The quantitative estimate of drug-likeness (QED) is 0.518. The number of hydrogen-bond acceptors (Lipinski definition) is 10. The van der Waals surface area contributed by atoms with E-state index in [0.717, 1.165) is 0 Å². The summed E-state index contributed by atoms with van der Waals surface area (Å²) in [5.41, 5.74) is 6.21. The number of halogens is 1. The molecule has 2 atom stereocenters. The lowest BCUT2D eigenvalue weighted by atomic mass is 10.0. The van der Waals surface area contributed by atoms with Crippen LogP contribution in [0.4, 0.5) is 27.5 Å². The Morgan fingerprint density at radius 1 is 1.22 bits per heavy atom. The summed E-state index contributed by atoms with van der Waals surface area (Å²) in [6, 6.07) is 4.61. The standard InChI is InChI=1S/C20H19FN10O/c21-14-10-31(19-9-25-12(6-22)7-27-19)4-2-15(14)29-16-5-18(26-8-13(16)20(23)32)30-17-1-3-24-11-28-17/h1,3,5,7-9,11,14-15H,2,4,10H2,(H2,23,32)(H2,24,26,28,29,30)/t14-,15+/m0/s1. The third-order valence-corrected chi connectivity index (χ3v) is 4.97. The van der Waals surface area contributed by atoms with Crippen molar-refractivity contribution in [1.29, 1.82) is 5.26 Å². The number of nitrogens with two attached hydrogens (primary N) is 1. The second-order valence-corrected chi connectivity index (χ2v) is 7.07. The number of piperidine rings is 1. The van der Waals surface area contributed by atoms with Crippen molar-refractivity contribution in [3.63, 3.8) is 0 Å². The van der Waals surface area contributed by atoms with E-state index >= 15 is 4.39 Å². The normalized spacial score (nSPS) is 17.9. The molecule has 11 nitrogen and oxygen atoms in total. The van der Waals surface area contributed by atoms with E-state index in [-0.39, 0.29) is 17.8 Å². The van der Waals surface area contributed by atoms with Gasteiger partial charge < -0.3 is 21.3 Å². The lowest BCUT2D eigenvalue weighted by Gasteiger charge is -2.36. The highest BCUT2D eigenvalue weighted by Gasteiger charge is 2.31. The summed E-state index contributed by atoms with van der Waals surface area (Å²) in [7, 11) is 0. The van der Waals surface area contributed by atoms with Gasteiger partial charge in [0, 0.05) is 25.0 Å². The van der Waals surface area contributed by atoms with Crippen molar-refractivity contribution in [3.05, 3.63) is 54.5 Å². The first-order chi connectivity index (χ1) is 15.5. The molecule has 12 heteroatoms. The van der Waals surface area contributed by atoms with Gasteiger partial charge in [0.05, 0.1) is 36.2 Å². The number of nitrogens with zero attached hydrogens (tertiary/aromatic N) is 7. The van der Waals surface area contributed by atoms with E-state index in [2.05, 4.69) is 35.6 Å². The van der Waals surface area contributed by atoms with Crippen LogP contribution >= 0.6 is 0 Å². The van der Waals surface area contributed by atoms with Gasteiger partial charge in [0.25, 0.3) is 5.91 Å². The zero-order valence-corrected chi connectivity index (χ0v) is 16.8. The van der Waals surface area contributed by atoms with E-state index in [4.69, 9.17) is 11.0 Å². The zero-order valence-electron chi connectivity index (χ0n) is 16.8. The molecule has 1 aliphatic rings. The molecule has 3 aromatic rings. The van der Waals surface area contributed by atoms with Crippen LogP contribution in [0.5, 0.6) is 0 Å². The monoisotopic (exact) mass is 434 g/mol. The maximum Gasteiger partial charge on any atom is 0.252 e. The van der Waals surface area contributed by atoms with Gasteiger partial charge in [-0.1, -0.05) is 0 Å². The van der Waals surface area contributed by atoms with Gasteiger partial charge in [-0.15, -0.1) is 0 Å². The molecule has 4 rings (SSSR count). The van der Waals surface area contributed by atoms with Gasteiger partial charge in [0.1, 0.15) is 36.0 Å². The molecular formula is C20H19FN10O. The van der Waals surface area contributed by atoms with Crippen LogP contribution in [0, 0.1) is 11.3 Å². The zero-order chi connectivity index (χ0) is 22.5. The maximum absolute atomic E-state index is 15.0. The minimum absolute atomic E-state index is 0.0846. The highest BCUT2D eigenvalue weighted by atomic mass is 19.1. The molecule has 3 aromatic heterocycles. The fraction of sp³-hybridized carbons (Fsp3) is 0.250. The van der Waals surface area contributed by atoms with Crippen LogP contribution in [0.3, 0.4) is 0 Å². The molecule has 4 N–H and O–H groups in total. The number of rotatable bonds is 6. The molecule has 0 bridgehead atoms. The fourth-order valence-corrected chi connectivity index (χ4v) is 3.35. The van der Waals surface area contributed by atoms with E-state index in [1.807, 2.05) is 6.07 Å². The Morgan fingerprint density at radius 3 is 2.75 bits per heavy atom. The molecule has 1 fully saturated rings. The molecule has 0 saturated carbocycles. The lowest BCUT2D eigenvalue weighted by Crippen LogP contribution is -2.48. The number of alkyl halides is 1. The predicted molar refractivity (Wildman–Crippen MR) is 114 cm³/mol. The van der Waals surface area contributed by atoms with E-state index in [1.165, 1.54) is 24.9 Å². The number of primary amides is 1. The molecular weight excluding hydrogens is 415 g/mol. The van der Waals surface area contributed by atoms with Gasteiger partial charge in [-0.3, -0.25) is 4.79 Å². The summed E-state index contributed by atoms with van der Waals surface area (Å²) >= 11 is 0. The second kappa shape index (κ2) is 9.17. The molecule has 1 amide bonds. The summed E-state index contributed by atoms with van der Waals surface area (Å²) in [6.45, 7) is 0.600. The van der Waals surface area contributed by atoms with Crippen molar-refractivity contribution in [2.24, 2.45) is 5.73 Å². The van der Waals surface area contributed by atoms with Crippen LogP contribution in [-0.2, 0) is 0 Å². The van der Waals surface area contributed by atoms with Crippen LogP contribution in [0.25, 0.3) is 0 Å². The van der Waals surface area contributed by atoms with E-state index in [1.54, 1.807) is 23.2 Å². The van der Waals surface area contributed by atoms with E-state index < -0.39 is 18.1 Å². The number of anilines is 4. The molecule has 0 aliphatic carbocycles. The molecule has 32 heavy (non-hydrogen) atoms. The van der Waals surface area contributed by atoms with Crippen LogP contribution in [0.15, 0.2) is 43.2 Å². The first kappa shape index (κ1) is 20.9. The number of nitrogens with one attached hydrogen (secondary N) is 2. The Bertz CT molecular complexity index is 1140. The van der Waals surface area contributed by atoms with Gasteiger partial charge in [0.2, 0.25) is 0 Å². The SMILES string of the molecule is N#Cc1cnc(N2CC[C@@H](Nc3cc(Nc4ccncn4)ncc3C(N)=O)[C@@H](F)C2)cn1. The van der Waals surface area contributed by atoms with Crippen LogP contribution < -0.4 is 21.3 Å². The third kappa shape index (κ3) is 4.67. The molecule has 162 valence electrons. The van der Waals surface area contributed by atoms with E-state index in [9.17, 15) is 4.79 Å². The summed E-state index contributed by atoms with van der Waals surface area (Å²) in [6.07, 6.45) is 6.30. The summed E-state index contributed by atoms with van der Waals surface area (Å²) in [5.74, 6) is 0.764. The molecule has 0 unspecified atom stereocenters. The first-order valence-electron chi connectivity index (χ1n) is 9.74. The molecule has 0 aromatic carbocycles. The Kier molecular flexibility index (Phi) is 5.98. The number of carbonyl (C=O) groups excluding carboxylic acids is 1. The van der Waals surface area contributed by atoms with Crippen LogP contribution in [0.2, 0.25) is 0 Å². The highest BCUT2D eigenvalue weighted by molar-refractivity contribution is 5.98. The summed E-state index contributed by atoms with van der Waals surface area (Å²) < 4.78 is 15.0. The Hall–Kier alpha value is -4.40. The van der Waals surface area contributed by atoms with Crippen molar-refractivity contribution in [1.82, 2.24) is 24.9 Å². The van der Waals surface area contributed by atoms with Crippen molar-refractivity contribution in [2.45, 2.75) is 18.6 Å². The predicted octanol–water partition coefficient (Wildman–Crippen LogP) is 1.40. The maximum atomic E-state index is 15.0. The Labute approximate surface area is 182 Å². The van der Waals surface area contributed by atoms with Crippen molar-refractivity contribution in [3.8, 4) is 6.07 Å². The topological polar surface area (TPSA) is 159 Å². The highest BCUT2D eigenvalue weighted by Crippen LogP contribution is 2.26. The molecule has 4 heterocycles. The Morgan fingerprint density at radius 2 is 2.09 bits per heavy atom. The summed E-state index contributed by atoms with van der Waals surface area (Å²) in [5, 5.41) is 14.9. The van der Waals surface area contributed by atoms with Crippen molar-refractivity contribution in [2.75, 3.05) is 28.6 Å². The molecule has 0 spiro atoms. The van der Waals surface area contributed by atoms with Crippen molar-refractivity contribution >= 4 is 29.0 Å². The van der Waals surface area contributed by atoms with E-state index in [0.29, 0.717) is 36.1 Å². The largest absolute Gasteiger partial charge is 0.378 e. The number of amides is 1. The first-order valence-corrected chi connectivity index (χ1v) is 9.74. The van der Waals surface area contributed by atoms with Gasteiger partial charge in [-0.2, -0.15) is 5.26 Å². The second-order valence-electron chi connectivity index (χ2n) is 7.07.